The topological polar surface area (TPSA) is 41.1 Å². The van der Waals surface area contributed by atoms with Gasteiger partial charge in [-0.25, -0.2) is 0 Å². The van der Waals surface area contributed by atoms with Crippen LogP contribution in [-0.2, 0) is 4.79 Å². The van der Waals surface area contributed by atoms with E-state index >= 15 is 0 Å². The van der Waals surface area contributed by atoms with Crippen molar-refractivity contribution >= 4 is 27.5 Å². The first-order chi connectivity index (χ1) is 8.45. The van der Waals surface area contributed by atoms with Crippen LogP contribution in [0.4, 0.5) is 5.69 Å². The van der Waals surface area contributed by atoms with E-state index in [0.717, 1.165) is 27.8 Å². The quantitative estimate of drug-likeness (QED) is 0.876. The van der Waals surface area contributed by atoms with Crippen LogP contribution in [-0.4, -0.2) is 19.0 Å². The van der Waals surface area contributed by atoms with Crippen LogP contribution in [0.5, 0.6) is 0 Å². The van der Waals surface area contributed by atoms with Gasteiger partial charge in [0.15, 0.2) is 0 Å². The van der Waals surface area contributed by atoms with Crippen molar-refractivity contribution in [1.82, 2.24) is 5.32 Å². The SMILES string of the molecule is CCNCC(C)C(=O)Nc1cc(C)c(Br)c(C)c1. The molecule has 1 rings (SSSR count). The number of carbonyl (C=O) groups is 1. The molecule has 0 fully saturated rings. The molecule has 1 atom stereocenters. The first-order valence-electron chi connectivity index (χ1n) is 6.24. The smallest absolute Gasteiger partial charge is 0.228 e. The summed E-state index contributed by atoms with van der Waals surface area (Å²) >= 11 is 3.52. The maximum Gasteiger partial charge on any atom is 0.228 e. The number of aryl methyl sites for hydroxylation is 2. The fraction of sp³-hybridized carbons (Fsp3) is 0.500. The van der Waals surface area contributed by atoms with E-state index in [4.69, 9.17) is 0 Å². The van der Waals surface area contributed by atoms with E-state index in [1.165, 1.54) is 0 Å². The summed E-state index contributed by atoms with van der Waals surface area (Å²) in [6.07, 6.45) is 0. The second-order valence-corrected chi connectivity index (χ2v) is 5.41. The third kappa shape index (κ3) is 4.10. The van der Waals surface area contributed by atoms with Gasteiger partial charge in [-0.2, -0.15) is 0 Å². The summed E-state index contributed by atoms with van der Waals surface area (Å²) in [5, 5.41) is 6.14. The van der Waals surface area contributed by atoms with Crippen molar-refractivity contribution < 1.29 is 4.79 Å². The Balaban J connectivity index is 2.70. The largest absolute Gasteiger partial charge is 0.326 e. The number of hydrogen-bond acceptors (Lipinski definition) is 2. The van der Waals surface area contributed by atoms with E-state index in [1.54, 1.807) is 0 Å². The Labute approximate surface area is 117 Å². The molecule has 1 aromatic rings. The van der Waals surface area contributed by atoms with E-state index in [9.17, 15) is 4.79 Å². The Morgan fingerprint density at radius 2 is 1.89 bits per heavy atom. The van der Waals surface area contributed by atoms with E-state index in [-0.39, 0.29) is 11.8 Å². The van der Waals surface area contributed by atoms with Crippen molar-refractivity contribution in [3.8, 4) is 0 Å². The van der Waals surface area contributed by atoms with Gasteiger partial charge in [0.05, 0.1) is 0 Å². The molecule has 100 valence electrons. The number of carbonyl (C=O) groups excluding carboxylic acids is 1. The Morgan fingerprint density at radius 3 is 2.39 bits per heavy atom. The van der Waals surface area contributed by atoms with Gasteiger partial charge in [-0.05, 0) is 43.7 Å². The molecule has 0 radical (unpaired) electrons. The van der Waals surface area contributed by atoms with Crippen LogP contribution in [0.15, 0.2) is 16.6 Å². The lowest BCUT2D eigenvalue weighted by Gasteiger charge is -2.14. The molecule has 1 amide bonds. The number of nitrogens with one attached hydrogen (secondary N) is 2. The molecule has 0 aliphatic rings. The highest BCUT2D eigenvalue weighted by Crippen LogP contribution is 2.25. The molecule has 0 spiro atoms. The minimum absolute atomic E-state index is 0.0331. The van der Waals surface area contributed by atoms with Gasteiger partial charge < -0.3 is 10.6 Å². The molecule has 3 nitrogen and oxygen atoms in total. The van der Waals surface area contributed by atoms with Crippen molar-refractivity contribution in [2.24, 2.45) is 5.92 Å². The zero-order valence-electron chi connectivity index (χ0n) is 11.4. The van der Waals surface area contributed by atoms with Gasteiger partial charge in [0.25, 0.3) is 0 Å². The number of rotatable bonds is 5. The van der Waals surface area contributed by atoms with Gasteiger partial charge in [-0.3, -0.25) is 4.79 Å². The maximum atomic E-state index is 12.0. The molecule has 4 heteroatoms. The Bertz CT molecular complexity index is 409. The van der Waals surface area contributed by atoms with E-state index in [0.29, 0.717) is 6.54 Å². The fourth-order valence-electron chi connectivity index (χ4n) is 1.74. The van der Waals surface area contributed by atoms with Crippen LogP contribution in [0, 0.1) is 19.8 Å². The predicted octanol–water partition coefficient (Wildman–Crippen LogP) is 3.25. The summed E-state index contributed by atoms with van der Waals surface area (Å²) in [6, 6.07) is 3.96. The van der Waals surface area contributed by atoms with E-state index in [1.807, 2.05) is 39.8 Å². The van der Waals surface area contributed by atoms with Crippen LogP contribution < -0.4 is 10.6 Å². The number of hydrogen-bond donors (Lipinski definition) is 2. The summed E-state index contributed by atoms with van der Waals surface area (Å²) in [6.45, 7) is 9.59. The number of anilines is 1. The average Bonchev–Trinajstić information content (AvgIpc) is 2.32. The average molecular weight is 313 g/mol. The highest BCUT2D eigenvalue weighted by molar-refractivity contribution is 9.10. The second kappa shape index (κ2) is 6.90. The monoisotopic (exact) mass is 312 g/mol. The van der Waals surface area contributed by atoms with Crippen molar-refractivity contribution in [3.63, 3.8) is 0 Å². The molecule has 1 unspecified atom stereocenters. The molecule has 0 aromatic heterocycles. The van der Waals surface area contributed by atoms with Crippen LogP contribution in [0.25, 0.3) is 0 Å². The Morgan fingerprint density at radius 1 is 1.33 bits per heavy atom. The van der Waals surface area contributed by atoms with Crippen molar-refractivity contribution in [2.75, 3.05) is 18.4 Å². The van der Waals surface area contributed by atoms with Crippen LogP contribution in [0.3, 0.4) is 0 Å². The molecule has 18 heavy (non-hydrogen) atoms. The molecular formula is C14H21BrN2O. The van der Waals surface area contributed by atoms with Gasteiger partial charge in [-0.1, -0.05) is 29.8 Å². The van der Waals surface area contributed by atoms with Gasteiger partial charge in [-0.15, -0.1) is 0 Å². The van der Waals surface area contributed by atoms with Crippen molar-refractivity contribution in [2.45, 2.75) is 27.7 Å². The minimum Gasteiger partial charge on any atom is -0.326 e. The summed E-state index contributed by atoms with van der Waals surface area (Å²) in [5.74, 6) is 0.0197. The standard InChI is InChI=1S/C14H21BrN2O/c1-5-16-8-11(4)14(18)17-12-6-9(2)13(15)10(3)7-12/h6-7,11,16H,5,8H2,1-4H3,(H,17,18). The molecule has 1 aromatic carbocycles. The Hall–Kier alpha value is -0.870. The van der Waals surface area contributed by atoms with Crippen LogP contribution in [0.2, 0.25) is 0 Å². The summed E-state index contributed by atoms with van der Waals surface area (Å²) in [4.78, 5) is 12.0. The van der Waals surface area contributed by atoms with Crippen molar-refractivity contribution in [3.05, 3.63) is 27.7 Å². The number of amides is 1. The lowest BCUT2D eigenvalue weighted by atomic mass is 10.1. The lowest BCUT2D eigenvalue weighted by Crippen LogP contribution is -2.30. The molecule has 0 bridgehead atoms. The third-order valence-electron chi connectivity index (χ3n) is 2.85. The van der Waals surface area contributed by atoms with Gasteiger partial charge in [0.2, 0.25) is 5.91 Å². The summed E-state index contributed by atoms with van der Waals surface area (Å²) in [5.41, 5.74) is 3.12. The van der Waals surface area contributed by atoms with Gasteiger partial charge >= 0.3 is 0 Å². The molecule has 0 aliphatic heterocycles. The van der Waals surface area contributed by atoms with E-state index < -0.39 is 0 Å². The molecule has 2 N–H and O–H groups in total. The van der Waals surface area contributed by atoms with E-state index in [2.05, 4.69) is 26.6 Å². The predicted molar refractivity (Wildman–Crippen MR) is 80.0 cm³/mol. The molecule has 0 saturated heterocycles. The van der Waals surface area contributed by atoms with Crippen LogP contribution in [0.1, 0.15) is 25.0 Å². The zero-order chi connectivity index (χ0) is 13.7. The second-order valence-electron chi connectivity index (χ2n) is 4.62. The molecule has 0 saturated carbocycles. The summed E-state index contributed by atoms with van der Waals surface area (Å²) in [7, 11) is 0. The highest BCUT2D eigenvalue weighted by atomic mass is 79.9. The first kappa shape index (κ1) is 15.2. The summed E-state index contributed by atoms with van der Waals surface area (Å²) < 4.78 is 1.10. The normalized spacial score (nSPS) is 12.3. The lowest BCUT2D eigenvalue weighted by molar-refractivity contribution is -0.119. The van der Waals surface area contributed by atoms with Crippen molar-refractivity contribution in [1.29, 1.82) is 0 Å². The fourth-order valence-corrected chi connectivity index (χ4v) is 1.97. The van der Waals surface area contributed by atoms with Crippen LogP contribution >= 0.6 is 15.9 Å². The molecular weight excluding hydrogens is 292 g/mol. The third-order valence-corrected chi connectivity index (χ3v) is 4.10. The Kier molecular flexibility index (Phi) is 5.82. The molecule has 0 aliphatic carbocycles. The number of halogens is 1. The minimum atomic E-state index is -0.0331. The first-order valence-corrected chi connectivity index (χ1v) is 7.03. The number of benzene rings is 1. The highest BCUT2D eigenvalue weighted by Gasteiger charge is 2.13. The van der Waals surface area contributed by atoms with Gasteiger partial charge in [0, 0.05) is 22.6 Å². The van der Waals surface area contributed by atoms with Gasteiger partial charge in [0.1, 0.15) is 0 Å². The molecule has 0 heterocycles. The zero-order valence-corrected chi connectivity index (χ0v) is 13.0. The maximum absolute atomic E-state index is 12.0.